The van der Waals surface area contributed by atoms with Crippen LogP contribution >= 0.6 is 8.46 Å². The topological polar surface area (TPSA) is 43.4 Å². The molecule has 3 nitrogen and oxygen atoms in total. The standard InChI is InChI=1S/C3H5O3P/c1-3(4)6-2-7-5/h2H2,1H3. The first-order valence-electron chi connectivity index (χ1n) is 1.70. The largest absolute Gasteiger partial charge is 0.453 e. The Morgan fingerprint density at radius 2 is 2.43 bits per heavy atom. The van der Waals surface area contributed by atoms with Crippen LogP contribution in [-0.2, 0) is 14.1 Å². The monoisotopic (exact) mass is 120 g/mol. The predicted octanol–water partition coefficient (Wildman–Crippen LogP) is 0.799. The summed E-state index contributed by atoms with van der Waals surface area (Å²) in [4.78, 5) is 9.84. The van der Waals surface area contributed by atoms with Crippen LogP contribution in [0.2, 0.25) is 0 Å². The zero-order valence-electron chi connectivity index (χ0n) is 3.88. The average molecular weight is 120 g/mol. The van der Waals surface area contributed by atoms with E-state index in [2.05, 4.69) is 4.74 Å². The molecule has 0 amide bonds. The van der Waals surface area contributed by atoms with E-state index in [1.165, 1.54) is 6.92 Å². The van der Waals surface area contributed by atoms with Crippen molar-refractivity contribution in [2.24, 2.45) is 0 Å². The quantitative estimate of drug-likeness (QED) is 0.399. The van der Waals surface area contributed by atoms with E-state index in [1.54, 1.807) is 0 Å². The van der Waals surface area contributed by atoms with Gasteiger partial charge in [-0.1, -0.05) is 0 Å². The van der Waals surface area contributed by atoms with Gasteiger partial charge in [-0.2, -0.15) is 0 Å². The number of ether oxygens (including phenoxy) is 1. The second-order valence-corrected chi connectivity index (χ2v) is 1.41. The summed E-state index contributed by atoms with van der Waals surface area (Å²) in [5, 5.41) is 0. The highest BCUT2D eigenvalue weighted by atomic mass is 31.1. The van der Waals surface area contributed by atoms with Crippen LogP contribution in [0, 0.1) is 0 Å². The highest BCUT2D eigenvalue weighted by Gasteiger charge is 1.86. The van der Waals surface area contributed by atoms with E-state index in [0.29, 0.717) is 0 Å². The fourth-order valence-electron chi connectivity index (χ4n) is 0.117. The lowest BCUT2D eigenvalue weighted by atomic mass is 10.8. The zero-order valence-corrected chi connectivity index (χ0v) is 4.77. The van der Waals surface area contributed by atoms with Crippen molar-refractivity contribution in [2.45, 2.75) is 6.92 Å². The maximum atomic E-state index is 9.84. The molecule has 0 unspecified atom stereocenters. The molecule has 0 fully saturated rings. The van der Waals surface area contributed by atoms with Crippen molar-refractivity contribution < 1.29 is 14.1 Å². The molecule has 0 saturated carbocycles. The minimum absolute atomic E-state index is 0.0324. The molecule has 7 heavy (non-hydrogen) atoms. The number of carbonyl (C=O) groups excluding carboxylic acids is 1. The van der Waals surface area contributed by atoms with Crippen molar-refractivity contribution in [3.8, 4) is 0 Å². The van der Waals surface area contributed by atoms with Gasteiger partial charge in [0.25, 0.3) is 0 Å². The van der Waals surface area contributed by atoms with Gasteiger partial charge in [-0.05, 0) is 0 Å². The molecule has 0 aliphatic heterocycles. The molecule has 0 aliphatic rings. The second-order valence-electron chi connectivity index (χ2n) is 0.894. The molecule has 4 heteroatoms. The smallest absolute Gasteiger partial charge is 0.303 e. The molecule has 0 spiro atoms. The third-order valence-corrected chi connectivity index (χ3v) is 0.555. The van der Waals surface area contributed by atoms with E-state index >= 15 is 0 Å². The Hall–Kier alpha value is -0.430. The van der Waals surface area contributed by atoms with Gasteiger partial charge in [-0.25, -0.2) is 0 Å². The lowest BCUT2D eigenvalue weighted by Gasteiger charge is -1.87. The highest BCUT2D eigenvalue weighted by molar-refractivity contribution is 7.23. The number of rotatable bonds is 2. The molecule has 40 valence electrons. The van der Waals surface area contributed by atoms with Gasteiger partial charge in [0.05, 0.1) is 0 Å². The molecule has 0 heterocycles. The van der Waals surface area contributed by atoms with E-state index < -0.39 is 5.97 Å². The third kappa shape index (κ3) is 5.57. The van der Waals surface area contributed by atoms with Gasteiger partial charge in [0.2, 0.25) is 0 Å². The van der Waals surface area contributed by atoms with E-state index in [-0.39, 0.29) is 14.8 Å². The van der Waals surface area contributed by atoms with Gasteiger partial charge in [-0.3, -0.25) is 9.36 Å². The first kappa shape index (κ1) is 6.57. The first-order chi connectivity index (χ1) is 3.27. The van der Waals surface area contributed by atoms with E-state index in [9.17, 15) is 9.36 Å². The number of esters is 1. The normalized spacial score (nSPS) is 8.71. The van der Waals surface area contributed by atoms with Crippen LogP contribution in [0.15, 0.2) is 0 Å². The van der Waals surface area contributed by atoms with Gasteiger partial charge in [-0.15, -0.1) is 0 Å². The summed E-state index contributed by atoms with van der Waals surface area (Å²) in [5.41, 5.74) is 0. The van der Waals surface area contributed by atoms with Crippen LogP contribution in [0.25, 0.3) is 0 Å². The summed E-state index contributed by atoms with van der Waals surface area (Å²) < 4.78 is 13.8. The van der Waals surface area contributed by atoms with Crippen LogP contribution in [0.5, 0.6) is 0 Å². The molecule has 0 aliphatic carbocycles. The average Bonchev–Trinajstić information content (AvgIpc) is 1.61. The van der Waals surface area contributed by atoms with Gasteiger partial charge in [0, 0.05) is 6.92 Å². The van der Waals surface area contributed by atoms with Crippen molar-refractivity contribution in [3.63, 3.8) is 0 Å². The molecule has 0 rings (SSSR count). The van der Waals surface area contributed by atoms with Crippen LogP contribution in [0.4, 0.5) is 0 Å². The first-order valence-corrected chi connectivity index (χ1v) is 2.69. The second kappa shape index (κ2) is 3.75. The summed E-state index contributed by atoms with van der Waals surface area (Å²) in [5.74, 6) is -0.400. The lowest BCUT2D eigenvalue weighted by Crippen LogP contribution is -1.93. The molecule has 0 aromatic rings. The van der Waals surface area contributed by atoms with Crippen LogP contribution < -0.4 is 0 Å². The molecule has 0 aromatic carbocycles. The van der Waals surface area contributed by atoms with E-state index in [0.717, 1.165) is 0 Å². The van der Waals surface area contributed by atoms with E-state index in [1.807, 2.05) is 0 Å². The minimum Gasteiger partial charge on any atom is -0.453 e. The maximum Gasteiger partial charge on any atom is 0.303 e. The zero-order chi connectivity index (χ0) is 5.70. The van der Waals surface area contributed by atoms with Crippen molar-refractivity contribution in [1.82, 2.24) is 0 Å². The Balaban J connectivity index is 2.97. The fourth-order valence-corrected chi connectivity index (χ4v) is 0.352. The Morgan fingerprint density at radius 3 is 2.57 bits per heavy atom. The Kier molecular flexibility index (Phi) is 3.52. The van der Waals surface area contributed by atoms with Crippen molar-refractivity contribution in [1.29, 1.82) is 0 Å². The molecule has 0 N–H and O–H groups in total. The van der Waals surface area contributed by atoms with Gasteiger partial charge in [0.15, 0.2) is 14.8 Å². The van der Waals surface area contributed by atoms with Gasteiger partial charge < -0.3 is 4.74 Å². The molecule has 0 atom stereocenters. The number of hydrogen-bond donors (Lipinski definition) is 0. The highest BCUT2D eigenvalue weighted by Crippen LogP contribution is 1.90. The summed E-state index contributed by atoms with van der Waals surface area (Å²) in [7, 11) is -0.153. The van der Waals surface area contributed by atoms with Crippen molar-refractivity contribution in [2.75, 3.05) is 6.35 Å². The third-order valence-electron chi connectivity index (χ3n) is 0.321. The summed E-state index contributed by atoms with van der Waals surface area (Å²) in [6.45, 7) is 1.27. The Labute approximate surface area is 42.9 Å². The summed E-state index contributed by atoms with van der Waals surface area (Å²) >= 11 is 0. The van der Waals surface area contributed by atoms with Crippen LogP contribution in [0.3, 0.4) is 0 Å². The molecule has 0 radical (unpaired) electrons. The Morgan fingerprint density at radius 1 is 1.86 bits per heavy atom. The fraction of sp³-hybridized carbons (Fsp3) is 0.667. The molecular weight excluding hydrogens is 115 g/mol. The molecule has 0 aromatic heterocycles. The predicted molar refractivity (Wildman–Crippen MR) is 24.2 cm³/mol. The minimum atomic E-state index is -0.400. The Bertz CT molecular complexity index is 80.2. The van der Waals surface area contributed by atoms with Gasteiger partial charge >= 0.3 is 5.97 Å². The SMILES string of the molecule is CC(=O)OCP=O. The van der Waals surface area contributed by atoms with Crippen LogP contribution in [-0.4, -0.2) is 12.3 Å². The lowest BCUT2D eigenvalue weighted by molar-refractivity contribution is -0.138. The maximum absolute atomic E-state index is 9.84. The van der Waals surface area contributed by atoms with Crippen LogP contribution in [0.1, 0.15) is 6.92 Å². The number of carbonyl (C=O) groups is 1. The molecule has 0 bridgehead atoms. The summed E-state index contributed by atoms with van der Waals surface area (Å²) in [6.07, 6.45) is -0.0324. The van der Waals surface area contributed by atoms with Crippen molar-refractivity contribution in [3.05, 3.63) is 0 Å². The summed E-state index contributed by atoms with van der Waals surface area (Å²) in [6, 6.07) is 0. The van der Waals surface area contributed by atoms with Crippen molar-refractivity contribution >= 4 is 14.4 Å². The molecule has 0 saturated heterocycles. The van der Waals surface area contributed by atoms with E-state index in [4.69, 9.17) is 0 Å². The number of hydrogen-bond acceptors (Lipinski definition) is 3. The molecular formula is C3H5O3P. The van der Waals surface area contributed by atoms with Gasteiger partial charge in [0.1, 0.15) is 0 Å².